The fourth-order valence-corrected chi connectivity index (χ4v) is 1.34. The van der Waals surface area contributed by atoms with Crippen LogP contribution in [0.15, 0.2) is 22.9 Å². The lowest BCUT2D eigenvalue weighted by Crippen LogP contribution is -2.18. The zero-order valence-corrected chi connectivity index (χ0v) is 7.03. The van der Waals surface area contributed by atoms with Crippen molar-refractivity contribution >= 4 is 11.1 Å². The molecule has 1 fully saturated rings. The van der Waals surface area contributed by atoms with Gasteiger partial charge in [-0.1, -0.05) is 0 Å². The third kappa shape index (κ3) is 0.954. The van der Waals surface area contributed by atoms with Crippen LogP contribution in [0.1, 0.15) is 18.7 Å². The fourth-order valence-electron chi connectivity index (χ4n) is 1.34. The normalized spacial score (nSPS) is 19.2. The first kappa shape index (κ1) is 7.03. The number of hydrogen-bond donors (Lipinski definition) is 1. The van der Waals surface area contributed by atoms with Crippen LogP contribution in [0, 0.1) is 0 Å². The molecule has 0 bridgehead atoms. The molecule has 0 amide bonds. The van der Waals surface area contributed by atoms with Crippen LogP contribution in [0.2, 0.25) is 0 Å². The van der Waals surface area contributed by atoms with Gasteiger partial charge in [-0.2, -0.15) is 0 Å². The zero-order chi connectivity index (χ0) is 8.89. The molecule has 1 aliphatic rings. The summed E-state index contributed by atoms with van der Waals surface area (Å²) < 4.78 is 5.50. The van der Waals surface area contributed by atoms with E-state index in [2.05, 4.69) is 9.97 Å². The SMILES string of the molecule is NC1(c2nc3ccncc3o2)CC1. The minimum atomic E-state index is -0.293. The molecule has 66 valence electrons. The van der Waals surface area contributed by atoms with E-state index in [9.17, 15) is 0 Å². The van der Waals surface area contributed by atoms with Gasteiger partial charge >= 0.3 is 0 Å². The molecule has 0 saturated heterocycles. The van der Waals surface area contributed by atoms with E-state index in [1.54, 1.807) is 12.4 Å². The molecule has 4 heteroatoms. The molecule has 2 aromatic rings. The van der Waals surface area contributed by atoms with E-state index >= 15 is 0 Å². The van der Waals surface area contributed by atoms with Crippen molar-refractivity contribution in [2.75, 3.05) is 0 Å². The summed E-state index contributed by atoms with van der Waals surface area (Å²) in [6.45, 7) is 0. The van der Waals surface area contributed by atoms with Gasteiger partial charge in [-0.05, 0) is 18.9 Å². The fraction of sp³-hybridized carbons (Fsp3) is 0.333. The molecule has 13 heavy (non-hydrogen) atoms. The maximum atomic E-state index is 5.96. The van der Waals surface area contributed by atoms with E-state index in [0.717, 1.165) is 18.4 Å². The van der Waals surface area contributed by atoms with Crippen molar-refractivity contribution in [3.05, 3.63) is 24.4 Å². The van der Waals surface area contributed by atoms with Gasteiger partial charge in [0.1, 0.15) is 5.52 Å². The average molecular weight is 175 g/mol. The number of pyridine rings is 1. The summed E-state index contributed by atoms with van der Waals surface area (Å²) in [5.74, 6) is 0.649. The number of rotatable bonds is 1. The zero-order valence-electron chi connectivity index (χ0n) is 7.03. The monoisotopic (exact) mass is 175 g/mol. The lowest BCUT2D eigenvalue weighted by molar-refractivity contribution is 0.465. The molecule has 0 spiro atoms. The van der Waals surface area contributed by atoms with Gasteiger partial charge < -0.3 is 10.2 Å². The van der Waals surface area contributed by atoms with Crippen LogP contribution in [0.4, 0.5) is 0 Å². The summed E-state index contributed by atoms with van der Waals surface area (Å²) in [6.07, 6.45) is 5.29. The van der Waals surface area contributed by atoms with Gasteiger partial charge in [0.15, 0.2) is 5.58 Å². The lowest BCUT2D eigenvalue weighted by atomic mass is 10.3. The Hall–Kier alpha value is -1.42. The third-order valence-corrected chi connectivity index (χ3v) is 2.41. The molecule has 3 rings (SSSR count). The number of nitrogens with two attached hydrogens (primary N) is 1. The number of hydrogen-bond acceptors (Lipinski definition) is 4. The topological polar surface area (TPSA) is 64.9 Å². The molecular formula is C9H9N3O. The van der Waals surface area contributed by atoms with Crippen molar-refractivity contribution in [1.29, 1.82) is 0 Å². The second kappa shape index (κ2) is 2.09. The van der Waals surface area contributed by atoms with Crippen molar-refractivity contribution in [1.82, 2.24) is 9.97 Å². The molecule has 2 N–H and O–H groups in total. The van der Waals surface area contributed by atoms with E-state index in [4.69, 9.17) is 10.2 Å². The lowest BCUT2D eigenvalue weighted by Gasteiger charge is -1.99. The summed E-state index contributed by atoms with van der Waals surface area (Å²) in [5, 5.41) is 0. The predicted molar refractivity (Wildman–Crippen MR) is 46.9 cm³/mol. The van der Waals surface area contributed by atoms with Crippen LogP contribution in [-0.4, -0.2) is 9.97 Å². The van der Waals surface area contributed by atoms with Crippen LogP contribution in [0.5, 0.6) is 0 Å². The predicted octanol–water partition coefficient (Wildman–Crippen LogP) is 1.17. The Morgan fingerprint density at radius 2 is 2.31 bits per heavy atom. The first-order valence-corrected chi connectivity index (χ1v) is 4.28. The molecule has 0 aliphatic heterocycles. The largest absolute Gasteiger partial charge is 0.437 e. The highest BCUT2D eigenvalue weighted by molar-refractivity contribution is 5.71. The summed E-state index contributed by atoms with van der Waals surface area (Å²) in [5.41, 5.74) is 7.21. The summed E-state index contributed by atoms with van der Waals surface area (Å²) >= 11 is 0. The van der Waals surface area contributed by atoms with E-state index in [0.29, 0.717) is 11.5 Å². The Labute approximate surface area is 74.8 Å². The number of nitrogens with zero attached hydrogens (tertiary/aromatic N) is 2. The highest BCUT2D eigenvalue weighted by atomic mass is 16.4. The highest BCUT2D eigenvalue weighted by Gasteiger charge is 2.44. The van der Waals surface area contributed by atoms with Crippen molar-refractivity contribution in [2.45, 2.75) is 18.4 Å². The van der Waals surface area contributed by atoms with Crippen molar-refractivity contribution < 1.29 is 4.42 Å². The van der Waals surface area contributed by atoms with Gasteiger partial charge in [0.25, 0.3) is 0 Å². The van der Waals surface area contributed by atoms with Gasteiger partial charge in [0, 0.05) is 6.20 Å². The van der Waals surface area contributed by atoms with Gasteiger partial charge in [-0.3, -0.25) is 4.98 Å². The molecule has 2 aromatic heterocycles. The Kier molecular flexibility index (Phi) is 1.13. The smallest absolute Gasteiger partial charge is 0.215 e. The quantitative estimate of drug-likeness (QED) is 0.706. The Morgan fingerprint density at radius 1 is 1.46 bits per heavy atom. The average Bonchev–Trinajstić information content (AvgIpc) is 2.76. The molecule has 4 nitrogen and oxygen atoms in total. The molecule has 1 saturated carbocycles. The molecule has 2 heterocycles. The van der Waals surface area contributed by atoms with Crippen LogP contribution >= 0.6 is 0 Å². The standard InChI is InChI=1S/C9H9N3O/c10-9(2-3-9)8-12-6-1-4-11-5-7(6)13-8/h1,4-5H,2-3,10H2. The summed E-state index contributed by atoms with van der Waals surface area (Å²) in [6, 6.07) is 1.83. The van der Waals surface area contributed by atoms with Crippen LogP contribution in [0.25, 0.3) is 11.1 Å². The molecule has 0 radical (unpaired) electrons. The molecular weight excluding hydrogens is 166 g/mol. The van der Waals surface area contributed by atoms with Gasteiger partial charge in [-0.15, -0.1) is 0 Å². The maximum Gasteiger partial charge on any atom is 0.215 e. The minimum absolute atomic E-state index is 0.293. The van der Waals surface area contributed by atoms with E-state index in [-0.39, 0.29) is 5.54 Å². The second-order valence-corrected chi connectivity index (χ2v) is 3.52. The van der Waals surface area contributed by atoms with Crippen LogP contribution < -0.4 is 5.73 Å². The summed E-state index contributed by atoms with van der Waals surface area (Å²) in [4.78, 5) is 8.27. The number of aromatic nitrogens is 2. The van der Waals surface area contributed by atoms with Crippen molar-refractivity contribution in [3.63, 3.8) is 0 Å². The molecule has 1 aliphatic carbocycles. The van der Waals surface area contributed by atoms with Crippen molar-refractivity contribution in [3.8, 4) is 0 Å². The number of oxazole rings is 1. The first-order valence-electron chi connectivity index (χ1n) is 4.28. The summed E-state index contributed by atoms with van der Waals surface area (Å²) in [7, 11) is 0. The number of fused-ring (bicyclic) bond motifs is 1. The second-order valence-electron chi connectivity index (χ2n) is 3.52. The van der Waals surface area contributed by atoms with Gasteiger partial charge in [-0.25, -0.2) is 4.98 Å². The maximum absolute atomic E-state index is 5.96. The van der Waals surface area contributed by atoms with Crippen LogP contribution in [0.3, 0.4) is 0 Å². The third-order valence-electron chi connectivity index (χ3n) is 2.41. The first-order chi connectivity index (χ1) is 6.28. The van der Waals surface area contributed by atoms with E-state index < -0.39 is 0 Å². The molecule has 0 unspecified atom stereocenters. The van der Waals surface area contributed by atoms with Gasteiger partial charge in [0.05, 0.1) is 11.7 Å². The Balaban J connectivity index is 2.22. The highest BCUT2D eigenvalue weighted by Crippen LogP contribution is 2.42. The Morgan fingerprint density at radius 3 is 3.00 bits per heavy atom. The van der Waals surface area contributed by atoms with Crippen molar-refractivity contribution in [2.24, 2.45) is 5.73 Å². The van der Waals surface area contributed by atoms with Gasteiger partial charge in [0.2, 0.25) is 5.89 Å². The minimum Gasteiger partial charge on any atom is -0.437 e. The molecule has 0 atom stereocenters. The van der Waals surface area contributed by atoms with E-state index in [1.807, 2.05) is 6.07 Å². The van der Waals surface area contributed by atoms with Crippen LogP contribution in [-0.2, 0) is 5.54 Å². The molecule has 0 aromatic carbocycles. The Bertz CT molecular complexity index is 426. The van der Waals surface area contributed by atoms with E-state index in [1.165, 1.54) is 0 Å².